The van der Waals surface area contributed by atoms with Gasteiger partial charge in [0.2, 0.25) is 0 Å². The summed E-state index contributed by atoms with van der Waals surface area (Å²) in [4.78, 5) is 24.1. The highest BCUT2D eigenvalue weighted by molar-refractivity contribution is 5.97. The molecule has 1 amide bonds. The van der Waals surface area contributed by atoms with Crippen LogP contribution in [0.3, 0.4) is 0 Å². The lowest BCUT2D eigenvalue weighted by atomic mass is 10.2. The van der Waals surface area contributed by atoms with Crippen molar-refractivity contribution in [3.63, 3.8) is 0 Å². The largest absolute Gasteiger partial charge is 0.507 e. The highest BCUT2D eigenvalue weighted by atomic mass is 16.5. The minimum atomic E-state index is -1.02. The van der Waals surface area contributed by atoms with E-state index in [0.29, 0.717) is 5.82 Å². The van der Waals surface area contributed by atoms with Crippen molar-refractivity contribution in [1.82, 2.24) is 9.78 Å². The second-order valence-corrected chi connectivity index (χ2v) is 5.31. The van der Waals surface area contributed by atoms with Crippen molar-refractivity contribution >= 4 is 17.7 Å². The summed E-state index contributed by atoms with van der Waals surface area (Å²) in [6, 6.07) is 7.74. The molecule has 0 aliphatic carbocycles. The van der Waals surface area contributed by atoms with Crippen LogP contribution >= 0.6 is 0 Å². The molecule has 0 fully saturated rings. The van der Waals surface area contributed by atoms with E-state index in [2.05, 4.69) is 10.4 Å². The molecule has 122 valence electrons. The number of hydrogen-bond donors (Lipinski definition) is 2. The maximum Gasteiger partial charge on any atom is 0.342 e. The molecule has 0 spiro atoms. The summed E-state index contributed by atoms with van der Waals surface area (Å²) in [7, 11) is 0. The van der Waals surface area contributed by atoms with Crippen molar-refractivity contribution in [2.75, 3.05) is 5.32 Å². The molecule has 23 heavy (non-hydrogen) atoms. The summed E-state index contributed by atoms with van der Waals surface area (Å²) in [5.74, 6) is -0.905. The molecule has 0 aliphatic rings. The predicted molar refractivity (Wildman–Crippen MR) is 84.2 cm³/mol. The minimum Gasteiger partial charge on any atom is -0.507 e. The molecule has 2 rings (SSSR count). The normalized spacial score (nSPS) is 12.0. The number of ether oxygens (including phenoxy) is 1. The van der Waals surface area contributed by atoms with Crippen LogP contribution in [0.25, 0.3) is 0 Å². The van der Waals surface area contributed by atoms with Gasteiger partial charge >= 0.3 is 5.97 Å². The molecular formula is C16H19N3O4. The number of nitrogens with zero attached hydrogens (tertiary/aromatic N) is 2. The van der Waals surface area contributed by atoms with Crippen LogP contribution in [0.5, 0.6) is 5.75 Å². The lowest BCUT2D eigenvalue weighted by Crippen LogP contribution is -2.31. The zero-order valence-corrected chi connectivity index (χ0v) is 13.2. The van der Waals surface area contributed by atoms with E-state index >= 15 is 0 Å². The Kier molecular flexibility index (Phi) is 5.00. The van der Waals surface area contributed by atoms with Gasteiger partial charge in [0.1, 0.15) is 17.1 Å². The average Bonchev–Trinajstić information content (AvgIpc) is 2.95. The van der Waals surface area contributed by atoms with E-state index in [1.54, 1.807) is 29.1 Å². The lowest BCUT2D eigenvalue weighted by molar-refractivity contribution is -0.123. The minimum absolute atomic E-state index is 0.0133. The standard InChI is InChI=1S/C16H19N3O4/c1-10(2)19-14(8-9-17-19)18-15(21)11(3)23-16(22)12-6-4-5-7-13(12)20/h4-11,20H,1-3H3,(H,18,21)/t11-/m0/s1. The molecule has 1 heterocycles. The van der Waals surface area contributed by atoms with Gasteiger partial charge in [0.05, 0.1) is 6.20 Å². The summed E-state index contributed by atoms with van der Waals surface area (Å²) in [5.41, 5.74) is 0.0133. The molecule has 0 saturated carbocycles. The predicted octanol–water partition coefficient (Wildman–Crippen LogP) is 2.35. The summed E-state index contributed by atoms with van der Waals surface area (Å²) in [5, 5.41) is 16.4. The smallest absolute Gasteiger partial charge is 0.342 e. The number of rotatable bonds is 5. The van der Waals surface area contributed by atoms with Crippen LogP contribution in [-0.2, 0) is 9.53 Å². The molecule has 1 atom stereocenters. The van der Waals surface area contributed by atoms with Crippen LogP contribution in [-0.4, -0.2) is 32.9 Å². The summed E-state index contributed by atoms with van der Waals surface area (Å²) >= 11 is 0. The number of benzene rings is 1. The van der Waals surface area contributed by atoms with Gasteiger partial charge in [0.25, 0.3) is 5.91 Å². The van der Waals surface area contributed by atoms with Gasteiger partial charge in [0, 0.05) is 12.1 Å². The van der Waals surface area contributed by atoms with E-state index in [0.717, 1.165) is 0 Å². The number of phenols is 1. The number of carbonyl (C=O) groups is 2. The van der Waals surface area contributed by atoms with Gasteiger partial charge < -0.3 is 15.2 Å². The first kappa shape index (κ1) is 16.5. The Labute approximate surface area is 133 Å². The molecular weight excluding hydrogens is 298 g/mol. The molecule has 2 aromatic rings. The lowest BCUT2D eigenvalue weighted by Gasteiger charge is -2.16. The molecule has 0 bridgehead atoms. The third kappa shape index (κ3) is 3.88. The first-order valence-electron chi connectivity index (χ1n) is 7.23. The topological polar surface area (TPSA) is 93.5 Å². The van der Waals surface area contributed by atoms with E-state index in [4.69, 9.17) is 4.74 Å². The van der Waals surface area contributed by atoms with Gasteiger partial charge in [-0.05, 0) is 32.9 Å². The van der Waals surface area contributed by atoms with Crippen molar-refractivity contribution in [2.45, 2.75) is 32.9 Å². The number of aromatic nitrogens is 2. The zero-order valence-electron chi connectivity index (χ0n) is 13.2. The summed E-state index contributed by atoms with van der Waals surface area (Å²) < 4.78 is 6.74. The molecule has 1 aromatic carbocycles. The highest BCUT2D eigenvalue weighted by Gasteiger charge is 2.21. The fourth-order valence-electron chi connectivity index (χ4n) is 1.98. The second kappa shape index (κ2) is 6.95. The van der Waals surface area contributed by atoms with Crippen LogP contribution in [0, 0.1) is 0 Å². The first-order valence-corrected chi connectivity index (χ1v) is 7.23. The Morgan fingerprint density at radius 2 is 1.91 bits per heavy atom. The Morgan fingerprint density at radius 1 is 1.22 bits per heavy atom. The molecule has 2 N–H and O–H groups in total. The molecule has 7 nitrogen and oxygen atoms in total. The molecule has 1 aromatic heterocycles. The van der Waals surface area contributed by atoms with Crippen molar-refractivity contribution in [1.29, 1.82) is 0 Å². The van der Waals surface area contributed by atoms with E-state index in [-0.39, 0.29) is 17.4 Å². The summed E-state index contributed by atoms with van der Waals surface area (Å²) in [6.07, 6.45) is 0.562. The van der Waals surface area contributed by atoms with E-state index < -0.39 is 18.0 Å². The fraction of sp³-hybridized carbons (Fsp3) is 0.312. The number of para-hydroxylation sites is 1. The highest BCUT2D eigenvalue weighted by Crippen LogP contribution is 2.18. The number of esters is 1. The Morgan fingerprint density at radius 3 is 2.57 bits per heavy atom. The third-order valence-electron chi connectivity index (χ3n) is 3.19. The number of anilines is 1. The van der Waals surface area contributed by atoms with E-state index in [1.807, 2.05) is 13.8 Å². The van der Waals surface area contributed by atoms with Crippen molar-refractivity contribution in [3.05, 3.63) is 42.1 Å². The summed E-state index contributed by atoms with van der Waals surface area (Å²) in [6.45, 7) is 5.33. The van der Waals surface area contributed by atoms with E-state index in [9.17, 15) is 14.7 Å². The van der Waals surface area contributed by atoms with Crippen LogP contribution in [0.4, 0.5) is 5.82 Å². The average molecular weight is 317 g/mol. The quantitative estimate of drug-likeness (QED) is 0.826. The van der Waals surface area contributed by atoms with Gasteiger partial charge in [-0.3, -0.25) is 4.79 Å². The number of aromatic hydroxyl groups is 1. The monoisotopic (exact) mass is 317 g/mol. The van der Waals surface area contributed by atoms with Crippen molar-refractivity contribution < 1.29 is 19.4 Å². The zero-order chi connectivity index (χ0) is 17.0. The van der Waals surface area contributed by atoms with Gasteiger partial charge in [-0.25, -0.2) is 9.48 Å². The fourth-order valence-corrected chi connectivity index (χ4v) is 1.98. The van der Waals surface area contributed by atoms with E-state index in [1.165, 1.54) is 19.1 Å². The van der Waals surface area contributed by atoms with Gasteiger partial charge in [-0.1, -0.05) is 12.1 Å². The molecule has 0 saturated heterocycles. The Bertz CT molecular complexity index is 709. The number of hydrogen-bond acceptors (Lipinski definition) is 5. The van der Waals surface area contributed by atoms with Crippen LogP contribution in [0.2, 0.25) is 0 Å². The maximum absolute atomic E-state index is 12.1. The number of carbonyl (C=O) groups excluding carboxylic acids is 2. The molecule has 0 radical (unpaired) electrons. The number of nitrogens with one attached hydrogen (secondary N) is 1. The number of phenolic OH excluding ortho intramolecular Hbond substituents is 1. The maximum atomic E-state index is 12.1. The van der Waals surface area contributed by atoms with Crippen LogP contribution in [0.1, 0.15) is 37.2 Å². The third-order valence-corrected chi connectivity index (χ3v) is 3.19. The van der Waals surface area contributed by atoms with Gasteiger partial charge in [-0.15, -0.1) is 0 Å². The molecule has 0 aliphatic heterocycles. The van der Waals surface area contributed by atoms with Crippen molar-refractivity contribution in [2.24, 2.45) is 0 Å². The van der Waals surface area contributed by atoms with Crippen molar-refractivity contribution in [3.8, 4) is 5.75 Å². The van der Waals surface area contributed by atoms with Gasteiger partial charge in [0.15, 0.2) is 6.10 Å². The molecule has 0 unspecified atom stereocenters. The second-order valence-electron chi connectivity index (χ2n) is 5.31. The Hall–Kier alpha value is -2.83. The van der Waals surface area contributed by atoms with Crippen LogP contribution < -0.4 is 5.32 Å². The Balaban J connectivity index is 2.01. The van der Waals surface area contributed by atoms with Crippen LogP contribution in [0.15, 0.2) is 36.5 Å². The van der Waals surface area contributed by atoms with Gasteiger partial charge in [-0.2, -0.15) is 5.10 Å². The first-order chi connectivity index (χ1) is 10.9. The number of amides is 1. The SMILES string of the molecule is CC(C)n1nccc1NC(=O)[C@H](C)OC(=O)c1ccccc1O. The molecule has 7 heteroatoms.